The third-order valence-corrected chi connectivity index (χ3v) is 3.86. The van der Waals surface area contributed by atoms with Crippen LogP contribution in [0.25, 0.3) is 0 Å². The fraction of sp³-hybridized carbons (Fsp3) is 0.133. The molecule has 0 aliphatic carbocycles. The van der Waals surface area contributed by atoms with E-state index >= 15 is 0 Å². The van der Waals surface area contributed by atoms with Crippen molar-refractivity contribution in [2.24, 2.45) is 0 Å². The minimum atomic E-state index is -0.291. The molecule has 21 heavy (non-hydrogen) atoms. The number of aryl methyl sites for hydroxylation is 1. The molecule has 6 heteroatoms. The molecule has 0 heterocycles. The molecule has 0 fully saturated rings. The topological polar surface area (TPSA) is 38.3 Å². The lowest BCUT2D eigenvalue weighted by molar-refractivity contribution is -0.118. The van der Waals surface area contributed by atoms with Gasteiger partial charge in [-0.25, -0.2) is 0 Å². The van der Waals surface area contributed by atoms with Crippen molar-refractivity contribution in [3.8, 4) is 5.75 Å². The van der Waals surface area contributed by atoms with Gasteiger partial charge in [0.1, 0.15) is 5.75 Å². The van der Waals surface area contributed by atoms with Crippen molar-refractivity contribution < 1.29 is 9.53 Å². The van der Waals surface area contributed by atoms with Gasteiger partial charge in [0.2, 0.25) is 0 Å². The number of rotatable bonds is 4. The van der Waals surface area contributed by atoms with Gasteiger partial charge in [-0.05, 0) is 36.8 Å². The number of benzene rings is 2. The first-order valence-electron chi connectivity index (χ1n) is 6.09. The van der Waals surface area contributed by atoms with Crippen molar-refractivity contribution in [1.82, 2.24) is 0 Å². The molecule has 2 aromatic rings. The molecule has 0 atom stereocenters. The molecular formula is C15H12Cl3NO2. The van der Waals surface area contributed by atoms with Crippen LogP contribution in [0.1, 0.15) is 5.56 Å². The average molecular weight is 345 g/mol. The highest BCUT2D eigenvalue weighted by atomic mass is 35.5. The van der Waals surface area contributed by atoms with Crippen LogP contribution in [-0.2, 0) is 4.79 Å². The summed E-state index contributed by atoms with van der Waals surface area (Å²) in [6.07, 6.45) is 0. The molecule has 0 bridgehead atoms. The molecular weight excluding hydrogens is 333 g/mol. The summed E-state index contributed by atoms with van der Waals surface area (Å²) in [7, 11) is 0. The van der Waals surface area contributed by atoms with Gasteiger partial charge in [-0.3, -0.25) is 4.79 Å². The zero-order valence-corrected chi connectivity index (χ0v) is 13.4. The Morgan fingerprint density at radius 3 is 2.48 bits per heavy atom. The third-order valence-electron chi connectivity index (χ3n) is 2.72. The molecule has 0 radical (unpaired) electrons. The molecule has 0 aliphatic heterocycles. The van der Waals surface area contributed by atoms with Gasteiger partial charge >= 0.3 is 0 Å². The van der Waals surface area contributed by atoms with Gasteiger partial charge < -0.3 is 10.1 Å². The average Bonchev–Trinajstić information content (AvgIpc) is 2.44. The molecule has 0 saturated heterocycles. The second-order valence-corrected chi connectivity index (χ2v) is 5.60. The van der Waals surface area contributed by atoms with Gasteiger partial charge in [0, 0.05) is 16.8 Å². The second-order valence-electron chi connectivity index (χ2n) is 4.38. The third kappa shape index (κ3) is 4.53. The number of anilines is 1. The lowest BCUT2D eigenvalue weighted by Gasteiger charge is -2.09. The largest absolute Gasteiger partial charge is 0.484 e. The fourth-order valence-electron chi connectivity index (χ4n) is 1.58. The maximum atomic E-state index is 11.8. The first-order chi connectivity index (χ1) is 9.95. The zero-order valence-electron chi connectivity index (χ0n) is 11.1. The monoisotopic (exact) mass is 343 g/mol. The highest BCUT2D eigenvalue weighted by molar-refractivity contribution is 6.42. The number of hydrogen-bond donors (Lipinski definition) is 1. The summed E-state index contributed by atoms with van der Waals surface area (Å²) >= 11 is 17.7. The van der Waals surface area contributed by atoms with Crippen molar-refractivity contribution in [1.29, 1.82) is 0 Å². The molecule has 0 aromatic heterocycles. The van der Waals surface area contributed by atoms with E-state index in [9.17, 15) is 4.79 Å². The summed E-state index contributed by atoms with van der Waals surface area (Å²) in [4.78, 5) is 11.8. The van der Waals surface area contributed by atoms with Crippen LogP contribution in [0.2, 0.25) is 15.1 Å². The molecule has 0 saturated carbocycles. The zero-order chi connectivity index (χ0) is 15.4. The Labute approximate surface area is 137 Å². The first kappa shape index (κ1) is 16.0. The van der Waals surface area contributed by atoms with Crippen molar-refractivity contribution in [3.63, 3.8) is 0 Å². The van der Waals surface area contributed by atoms with Crippen LogP contribution in [0.5, 0.6) is 5.75 Å². The van der Waals surface area contributed by atoms with E-state index in [0.29, 0.717) is 26.5 Å². The minimum absolute atomic E-state index is 0.135. The molecule has 3 nitrogen and oxygen atoms in total. The number of nitrogens with one attached hydrogen (secondary N) is 1. The van der Waals surface area contributed by atoms with Crippen molar-refractivity contribution in [3.05, 3.63) is 57.0 Å². The standard InChI is InChI=1S/C15H12Cl3NO2/c1-9-2-3-10(6-13(9)17)19-15(20)8-21-11-4-5-12(16)14(18)7-11/h2-7H,8H2,1H3,(H,19,20). The summed E-state index contributed by atoms with van der Waals surface area (Å²) in [5.41, 5.74) is 1.56. The maximum Gasteiger partial charge on any atom is 0.262 e. The Kier molecular flexibility index (Phi) is 5.34. The molecule has 1 amide bonds. The lowest BCUT2D eigenvalue weighted by atomic mass is 10.2. The van der Waals surface area contributed by atoms with Crippen LogP contribution >= 0.6 is 34.8 Å². The Balaban J connectivity index is 1.92. The van der Waals surface area contributed by atoms with Gasteiger partial charge in [0.05, 0.1) is 10.0 Å². The Morgan fingerprint density at radius 1 is 1.05 bits per heavy atom. The van der Waals surface area contributed by atoms with E-state index in [1.807, 2.05) is 13.0 Å². The van der Waals surface area contributed by atoms with Gasteiger partial charge in [-0.15, -0.1) is 0 Å². The number of halogens is 3. The number of amides is 1. The molecule has 0 aliphatic rings. The Bertz CT molecular complexity index is 674. The molecule has 2 rings (SSSR count). The van der Waals surface area contributed by atoms with Crippen molar-refractivity contribution in [2.45, 2.75) is 6.92 Å². The summed E-state index contributed by atoms with van der Waals surface area (Å²) < 4.78 is 5.34. The Morgan fingerprint density at radius 2 is 1.81 bits per heavy atom. The number of ether oxygens (including phenoxy) is 1. The highest BCUT2D eigenvalue weighted by Gasteiger charge is 2.06. The molecule has 0 spiro atoms. The van der Waals surface area contributed by atoms with E-state index in [4.69, 9.17) is 39.5 Å². The summed E-state index contributed by atoms with van der Waals surface area (Å²) in [5, 5.41) is 4.10. The second kappa shape index (κ2) is 7.03. The summed E-state index contributed by atoms with van der Waals surface area (Å²) in [5.74, 6) is 0.183. The van der Waals surface area contributed by atoms with Gasteiger partial charge in [0.25, 0.3) is 5.91 Å². The SMILES string of the molecule is Cc1ccc(NC(=O)COc2ccc(Cl)c(Cl)c2)cc1Cl. The van der Waals surface area contributed by atoms with Crippen molar-refractivity contribution >= 4 is 46.4 Å². The number of hydrogen-bond acceptors (Lipinski definition) is 2. The molecule has 2 aromatic carbocycles. The summed E-state index contributed by atoms with van der Waals surface area (Å²) in [6.45, 7) is 1.75. The molecule has 1 N–H and O–H groups in total. The van der Waals surface area contributed by atoms with Crippen LogP contribution in [-0.4, -0.2) is 12.5 Å². The van der Waals surface area contributed by atoms with Gasteiger partial charge in [-0.1, -0.05) is 40.9 Å². The van der Waals surface area contributed by atoms with Gasteiger partial charge in [0.15, 0.2) is 6.61 Å². The summed E-state index contributed by atoms with van der Waals surface area (Å²) in [6, 6.07) is 10.1. The number of carbonyl (C=O) groups excluding carboxylic acids is 1. The van der Waals surface area contributed by atoms with E-state index in [1.165, 1.54) is 0 Å². The molecule has 110 valence electrons. The lowest BCUT2D eigenvalue weighted by Crippen LogP contribution is -2.20. The van der Waals surface area contributed by atoms with Crippen LogP contribution in [0.4, 0.5) is 5.69 Å². The maximum absolute atomic E-state index is 11.8. The van der Waals surface area contributed by atoms with Crippen LogP contribution < -0.4 is 10.1 Å². The van der Waals surface area contributed by atoms with E-state index in [0.717, 1.165) is 5.56 Å². The van der Waals surface area contributed by atoms with Crippen LogP contribution in [0.15, 0.2) is 36.4 Å². The normalized spacial score (nSPS) is 10.3. The van der Waals surface area contributed by atoms with Crippen LogP contribution in [0.3, 0.4) is 0 Å². The minimum Gasteiger partial charge on any atom is -0.484 e. The van der Waals surface area contributed by atoms with E-state index in [2.05, 4.69) is 5.32 Å². The fourth-order valence-corrected chi connectivity index (χ4v) is 2.05. The van der Waals surface area contributed by atoms with Crippen molar-refractivity contribution in [2.75, 3.05) is 11.9 Å². The predicted molar refractivity (Wildman–Crippen MR) is 86.8 cm³/mol. The van der Waals surface area contributed by atoms with E-state index in [-0.39, 0.29) is 12.5 Å². The highest BCUT2D eigenvalue weighted by Crippen LogP contribution is 2.26. The predicted octanol–water partition coefficient (Wildman–Crippen LogP) is 4.97. The Hall–Kier alpha value is -1.42. The first-order valence-corrected chi connectivity index (χ1v) is 7.23. The van der Waals surface area contributed by atoms with Crippen LogP contribution in [0, 0.1) is 6.92 Å². The number of carbonyl (C=O) groups is 1. The smallest absolute Gasteiger partial charge is 0.262 e. The molecule has 0 unspecified atom stereocenters. The quantitative estimate of drug-likeness (QED) is 0.850. The van der Waals surface area contributed by atoms with Gasteiger partial charge in [-0.2, -0.15) is 0 Å². The van der Waals surface area contributed by atoms with E-state index < -0.39 is 0 Å². The van der Waals surface area contributed by atoms with E-state index in [1.54, 1.807) is 30.3 Å².